The van der Waals surface area contributed by atoms with Crippen molar-refractivity contribution in [1.82, 2.24) is 0 Å². The van der Waals surface area contributed by atoms with Crippen LogP contribution in [0.25, 0.3) is 0 Å². The second-order valence-corrected chi connectivity index (χ2v) is 0.671. The molecule has 13 heteroatoms. The standard InChI is InChI=1S/Ag.3NO3/c;3*2-1(3)4/q;3*-1. The van der Waals surface area contributed by atoms with Crippen molar-refractivity contribution >= 4 is 0 Å². The van der Waals surface area contributed by atoms with Crippen molar-refractivity contribution in [2.45, 2.75) is 0 Å². The molecule has 12 nitrogen and oxygen atoms in total. The molecule has 0 saturated carbocycles. The van der Waals surface area contributed by atoms with Crippen molar-refractivity contribution in [2.24, 2.45) is 0 Å². The van der Waals surface area contributed by atoms with Gasteiger partial charge in [0.2, 0.25) is 0 Å². The third-order valence-corrected chi connectivity index (χ3v) is 0. The van der Waals surface area contributed by atoms with Gasteiger partial charge < -0.3 is 46.0 Å². The maximum absolute atomic E-state index is 8.25. The Bertz CT molecular complexity index is 112. The molecule has 83 valence electrons. The van der Waals surface area contributed by atoms with Gasteiger partial charge in [-0.2, -0.15) is 0 Å². The van der Waals surface area contributed by atoms with Crippen LogP contribution in [-0.4, -0.2) is 15.3 Å². The molecule has 0 spiro atoms. The molecule has 0 amide bonds. The van der Waals surface area contributed by atoms with E-state index in [1.54, 1.807) is 0 Å². The normalized spacial score (nSPS) is 5.54. The smallest absolute Gasteiger partial charge is 0.0689 e. The number of nitrogens with zero attached hydrogens (tertiary/aromatic N) is 3. The molecule has 0 aliphatic rings. The van der Waals surface area contributed by atoms with Gasteiger partial charge in [-0.15, -0.1) is 0 Å². The van der Waals surface area contributed by atoms with E-state index in [-0.39, 0.29) is 22.4 Å². The van der Waals surface area contributed by atoms with Crippen LogP contribution in [0.5, 0.6) is 0 Å². The van der Waals surface area contributed by atoms with E-state index >= 15 is 0 Å². The molecule has 0 fully saturated rings. The molecule has 0 heterocycles. The van der Waals surface area contributed by atoms with Crippen molar-refractivity contribution < 1.29 is 37.6 Å². The monoisotopic (exact) mass is 293 g/mol. The van der Waals surface area contributed by atoms with E-state index in [0.717, 1.165) is 0 Å². The molecule has 1 radical (unpaired) electrons. The predicted octanol–water partition coefficient (Wildman–Crippen LogP) is -0.720. The average molecular weight is 294 g/mol. The third kappa shape index (κ3) is 261. The third-order valence-electron chi connectivity index (χ3n) is 0. The first-order valence-corrected chi connectivity index (χ1v) is 1.64. The molecule has 0 aromatic carbocycles. The van der Waals surface area contributed by atoms with Gasteiger partial charge in [0.15, 0.2) is 0 Å². The minimum absolute atomic E-state index is 0. The summed E-state index contributed by atoms with van der Waals surface area (Å²) < 4.78 is 0. The predicted molar refractivity (Wildman–Crippen MR) is 31.1 cm³/mol. The Hall–Kier alpha value is -1.66. The molecule has 0 aliphatic carbocycles. The van der Waals surface area contributed by atoms with Crippen molar-refractivity contribution in [3.8, 4) is 0 Å². The molecule has 0 aromatic rings. The van der Waals surface area contributed by atoms with Crippen LogP contribution < -0.4 is 0 Å². The summed E-state index contributed by atoms with van der Waals surface area (Å²) in [5, 5.41) is 44.2. The molecule has 0 unspecified atom stereocenters. The maximum atomic E-state index is 8.25. The van der Waals surface area contributed by atoms with E-state index in [1.807, 2.05) is 0 Å². The summed E-state index contributed by atoms with van der Waals surface area (Å²) in [7, 11) is 0. The van der Waals surface area contributed by atoms with Crippen molar-refractivity contribution in [3.63, 3.8) is 0 Å². The van der Waals surface area contributed by atoms with Gasteiger partial charge in [-0.05, 0) is 0 Å². The topological polar surface area (TPSA) is 199 Å². The summed E-state index contributed by atoms with van der Waals surface area (Å²) in [6.07, 6.45) is 0. The molecule has 0 atom stereocenters. The van der Waals surface area contributed by atoms with Crippen LogP contribution in [0, 0.1) is 46.0 Å². The van der Waals surface area contributed by atoms with Gasteiger partial charge in [0.25, 0.3) is 0 Å². The first-order valence-electron chi connectivity index (χ1n) is 1.64. The van der Waals surface area contributed by atoms with Gasteiger partial charge in [-0.25, -0.2) is 0 Å². The van der Waals surface area contributed by atoms with E-state index in [0.29, 0.717) is 0 Å². The molecule has 0 aromatic heterocycles. The minimum Gasteiger partial charge on any atom is -0.356 e. The van der Waals surface area contributed by atoms with Gasteiger partial charge >= 0.3 is 0 Å². The fraction of sp³-hybridized carbons (Fsp3) is 0. The van der Waals surface area contributed by atoms with E-state index < -0.39 is 15.3 Å². The largest absolute Gasteiger partial charge is 0.356 e. The Kier molecular flexibility index (Phi) is 29.0. The van der Waals surface area contributed by atoms with Crippen LogP contribution >= 0.6 is 0 Å². The van der Waals surface area contributed by atoms with Crippen molar-refractivity contribution in [1.29, 1.82) is 0 Å². The molecule has 0 aliphatic heterocycles. The molecular formula is AgN3O9-3. The summed E-state index contributed by atoms with van der Waals surface area (Å²) in [4.78, 5) is 24.8. The summed E-state index contributed by atoms with van der Waals surface area (Å²) in [5.41, 5.74) is 0. The van der Waals surface area contributed by atoms with Crippen molar-refractivity contribution in [2.75, 3.05) is 0 Å². The summed E-state index contributed by atoms with van der Waals surface area (Å²) in [6.45, 7) is 0. The van der Waals surface area contributed by atoms with Gasteiger partial charge in [0, 0.05) is 22.4 Å². The number of hydrogen-bond acceptors (Lipinski definition) is 9. The van der Waals surface area contributed by atoms with Crippen LogP contribution in [-0.2, 0) is 22.4 Å². The zero-order valence-corrected chi connectivity index (χ0v) is 6.80. The second-order valence-electron chi connectivity index (χ2n) is 0.671. The van der Waals surface area contributed by atoms with E-state index in [1.165, 1.54) is 0 Å². The molecule has 0 N–H and O–H groups in total. The fourth-order valence-electron chi connectivity index (χ4n) is 0. The van der Waals surface area contributed by atoms with Gasteiger partial charge in [0.05, 0.1) is 15.3 Å². The van der Waals surface area contributed by atoms with E-state index in [9.17, 15) is 0 Å². The second kappa shape index (κ2) is 16.7. The average Bonchev–Trinajstić information content (AvgIpc) is 1.54. The SMILES string of the molecule is O=[N+]([O-])[O-].O=[N+]([O-])[O-].O=[N+]([O-])[O-].[Ag]. The van der Waals surface area contributed by atoms with Crippen LogP contribution in [0.1, 0.15) is 0 Å². The fourth-order valence-corrected chi connectivity index (χ4v) is 0. The Morgan fingerprint density at radius 1 is 0.538 bits per heavy atom. The number of rotatable bonds is 0. The van der Waals surface area contributed by atoms with Crippen LogP contribution in [0.3, 0.4) is 0 Å². The molecule has 13 heavy (non-hydrogen) atoms. The van der Waals surface area contributed by atoms with Crippen LogP contribution in [0.4, 0.5) is 0 Å². The zero-order chi connectivity index (χ0) is 10.7. The summed E-state index contributed by atoms with van der Waals surface area (Å²) in [6, 6.07) is 0. The Labute approximate surface area is 84.2 Å². The molecule has 0 saturated heterocycles. The Balaban J connectivity index is -0.0000000450. The summed E-state index contributed by atoms with van der Waals surface area (Å²) >= 11 is 0. The van der Waals surface area contributed by atoms with Gasteiger partial charge in [-0.1, -0.05) is 0 Å². The maximum Gasteiger partial charge on any atom is 0.0689 e. The van der Waals surface area contributed by atoms with Gasteiger partial charge in [-0.3, -0.25) is 0 Å². The first-order chi connectivity index (χ1) is 5.20. The molecule has 0 bridgehead atoms. The van der Waals surface area contributed by atoms with E-state index in [4.69, 9.17) is 46.0 Å². The quantitative estimate of drug-likeness (QED) is 0.314. The van der Waals surface area contributed by atoms with Gasteiger partial charge in [0.1, 0.15) is 0 Å². The molecule has 0 rings (SSSR count). The Morgan fingerprint density at radius 3 is 0.538 bits per heavy atom. The van der Waals surface area contributed by atoms with E-state index in [2.05, 4.69) is 0 Å². The van der Waals surface area contributed by atoms with Crippen LogP contribution in [0.2, 0.25) is 0 Å². The first kappa shape index (κ1) is 22.5. The minimum atomic E-state index is -1.75. The Morgan fingerprint density at radius 2 is 0.538 bits per heavy atom. The number of hydrogen-bond donors (Lipinski definition) is 0. The zero-order valence-electron chi connectivity index (χ0n) is 5.32. The van der Waals surface area contributed by atoms with Crippen molar-refractivity contribution in [3.05, 3.63) is 46.0 Å². The molecular weight excluding hydrogens is 294 g/mol. The summed E-state index contributed by atoms with van der Waals surface area (Å²) in [5.74, 6) is 0. The van der Waals surface area contributed by atoms with Crippen LogP contribution in [0.15, 0.2) is 0 Å².